The molecule has 0 atom stereocenters. The van der Waals surface area contributed by atoms with Gasteiger partial charge >= 0.3 is 0 Å². The first-order valence-electron chi connectivity index (χ1n) is 8.45. The summed E-state index contributed by atoms with van der Waals surface area (Å²) >= 11 is 7.30. The fourth-order valence-corrected chi connectivity index (χ4v) is 4.92. The monoisotopic (exact) mass is 434 g/mol. The van der Waals surface area contributed by atoms with Crippen LogP contribution < -0.4 is 9.62 Å². The van der Waals surface area contributed by atoms with Gasteiger partial charge in [-0.3, -0.25) is 9.10 Å². The Morgan fingerprint density at radius 2 is 1.79 bits per heavy atom. The van der Waals surface area contributed by atoms with E-state index in [1.54, 1.807) is 41.8 Å². The number of anilines is 1. The number of halogens is 1. The van der Waals surface area contributed by atoms with Crippen LogP contribution in [0.5, 0.6) is 0 Å². The lowest BCUT2D eigenvalue weighted by molar-refractivity contribution is 0.0955. The number of aryl methyl sites for hydroxylation is 1. The summed E-state index contributed by atoms with van der Waals surface area (Å²) in [4.78, 5) is 13.2. The van der Waals surface area contributed by atoms with E-state index < -0.39 is 10.0 Å². The van der Waals surface area contributed by atoms with Gasteiger partial charge in [-0.2, -0.15) is 0 Å². The van der Waals surface area contributed by atoms with Gasteiger partial charge < -0.3 is 5.32 Å². The number of hydrogen-bond acceptors (Lipinski definition) is 4. The number of nitrogens with one attached hydrogen (secondary N) is 1. The molecule has 0 saturated carbocycles. The van der Waals surface area contributed by atoms with Gasteiger partial charge in [-0.25, -0.2) is 8.42 Å². The van der Waals surface area contributed by atoms with Gasteiger partial charge in [-0.15, -0.1) is 11.3 Å². The van der Waals surface area contributed by atoms with Gasteiger partial charge in [0, 0.05) is 18.6 Å². The third-order valence-electron chi connectivity index (χ3n) is 4.27. The van der Waals surface area contributed by atoms with E-state index in [1.165, 1.54) is 18.4 Å². The fraction of sp³-hybridized carbons (Fsp3) is 0.150. The molecule has 1 amide bonds. The number of nitrogens with zero attached hydrogens (tertiary/aromatic N) is 1. The summed E-state index contributed by atoms with van der Waals surface area (Å²) in [6.45, 7) is 2.14. The average Bonchev–Trinajstić information content (AvgIpc) is 3.16. The number of thiophene rings is 1. The number of carbonyl (C=O) groups is 1. The predicted molar refractivity (Wildman–Crippen MR) is 114 cm³/mol. The highest BCUT2D eigenvalue weighted by molar-refractivity contribution is 7.92. The molecule has 0 unspecified atom stereocenters. The Labute approximate surface area is 173 Å². The Bertz CT molecular complexity index is 1090. The van der Waals surface area contributed by atoms with Gasteiger partial charge in [-0.1, -0.05) is 47.5 Å². The molecule has 0 saturated heterocycles. The minimum Gasteiger partial charge on any atom is -0.347 e. The Morgan fingerprint density at radius 1 is 1.11 bits per heavy atom. The van der Waals surface area contributed by atoms with E-state index in [2.05, 4.69) is 5.32 Å². The zero-order valence-electron chi connectivity index (χ0n) is 15.3. The van der Waals surface area contributed by atoms with Gasteiger partial charge in [0.15, 0.2) is 0 Å². The van der Waals surface area contributed by atoms with Gasteiger partial charge in [-0.05, 0) is 42.1 Å². The lowest BCUT2D eigenvalue weighted by Crippen LogP contribution is -2.29. The first kappa shape index (κ1) is 20.4. The summed E-state index contributed by atoms with van der Waals surface area (Å²) in [6, 6.07) is 15.5. The molecule has 28 heavy (non-hydrogen) atoms. The average molecular weight is 435 g/mol. The van der Waals surface area contributed by atoms with Gasteiger partial charge in [0.05, 0.1) is 10.6 Å². The Balaban J connectivity index is 1.81. The van der Waals surface area contributed by atoms with E-state index in [1.807, 2.05) is 25.1 Å². The number of amides is 1. The molecule has 0 aliphatic rings. The topological polar surface area (TPSA) is 66.5 Å². The highest BCUT2D eigenvalue weighted by Crippen LogP contribution is 2.30. The minimum atomic E-state index is -3.77. The van der Waals surface area contributed by atoms with Crippen molar-refractivity contribution < 1.29 is 13.2 Å². The van der Waals surface area contributed by atoms with E-state index >= 15 is 0 Å². The Kier molecular flexibility index (Phi) is 6.07. The number of sulfonamides is 1. The van der Waals surface area contributed by atoms with Crippen LogP contribution in [0.2, 0.25) is 5.02 Å². The molecule has 3 rings (SSSR count). The zero-order valence-corrected chi connectivity index (χ0v) is 17.7. The van der Waals surface area contributed by atoms with Crippen molar-refractivity contribution in [3.63, 3.8) is 0 Å². The standard InChI is InChI=1S/C20H19ClN2O3S2/c1-14-7-9-16(10-8-14)28(25,26)23(2)18-11-12-27-19(18)20(24)22-13-15-5-3-4-6-17(15)21/h3-12H,13H2,1-2H3,(H,22,24). The van der Waals surface area contributed by atoms with Crippen molar-refractivity contribution in [2.24, 2.45) is 0 Å². The summed E-state index contributed by atoms with van der Waals surface area (Å²) < 4.78 is 27.0. The molecule has 3 aromatic rings. The molecule has 0 radical (unpaired) electrons. The normalized spacial score (nSPS) is 11.2. The van der Waals surface area contributed by atoms with E-state index in [4.69, 9.17) is 11.6 Å². The second-order valence-corrected chi connectivity index (χ2v) is 9.49. The van der Waals surface area contributed by atoms with Crippen molar-refractivity contribution in [2.45, 2.75) is 18.4 Å². The van der Waals surface area contributed by atoms with Crippen LogP contribution in [0.1, 0.15) is 20.8 Å². The van der Waals surface area contributed by atoms with Gasteiger partial charge in [0.2, 0.25) is 0 Å². The molecule has 5 nitrogen and oxygen atoms in total. The predicted octanol–water partition coefficient (Wildman–Crippen LogP) is 4.47. The van der Waals surface area contributed by atoms with Crippen molar-refractivity contribution >= 4 is 44.6 Å². The highest BCUT2D eigenvalue weighted by atomic mass is 35.5. The maximum absolute atomic E-state index is 12.9. The third kappa shape index (κ3) is 4.22. The molecule has 0 fully saturated rings. The molecular weight excluding hydrogens is 416 g/mol. The van der Waals surface area contributed by atoms with Gasteiger partial charge in [0.1, 0.15) is 4.88 Å². The Morgan fingerprint density at radius 3 is 2.46 bits per heavy atom. The van der Waals surface area contributed by atoms with Crippen molar-refractivity contribution in [1.29, 1.82) is 0 Å². The minimum absolute atomic E-state index is 0.175. The van der Waals surface area contributed by atoms with Crippen LogP contribution in [0, 0.1) is 6.92 Å². The largest absolute Gasteiger partial charge is 0.347 e. The van der Waals surface area contributed by atoms with Crippen molar-refractivity contribution in [3.8, 4) is 0 Å². The van der Waals surface area contributed by atoms with E-state index in [0.717, 1.165) is 15.4 Å². The second kappa shape index (κ2) is 8.34. The fourth-order valence-electron chi connectivity index (χ4n) is 2.62. The highest BCUT2D eigenvalue weighted by Gasteiger charge is 2.26. The molecule has 0 aliphatic heterocycles. The molecule has 8 heteroatoms. The molecule has 0 bridgehead atoms. The summed E-state index contributed by atoms with van der Waals surface area (Å²) in [5, 5.41) is 5.06. The van der Waals surface area contributed by atoms with E-state index in [9.17, 15) is 13.2 Å². The maximum Gasteiger partial charge on any atom is 0.264 e. The molecule has 1 aromatic heterocycles. The summed E-state index contributed by atoms with van der Waals surface area (Å²) in [6.07, 6.45) is 0. The van der Waals surface area contributed by atoms with E-state index in [-0.39, 0.29) is 17.3 Å². The first-order chi connectivity index (χ1) is 13.3. The van der Waals surface area contributed by atoms with E-state index in [0.29, 0.717) is 15.6 Å². The first-order valence-corrected chi connectivity index (χ1v) is 11.1. The lowest BCUT2D eigenvalue weighted by Gasteiger charge is -2.20. The van der Waals surface area contributed by atoms with Crippen LogP contribution in [0.25, 0.3) is 0 Å². The molecule has 1 N–H and O–H groups in total. The van der Waals surface area contributed by atoms with Crippen LogP contribution in [0.3, 0.4) is 0 Å². The number of benzene rings is 2. The van der Waals surface area contributed by atoms with Gasteiger partial charge in [0.25, 0.3) is 15.9 Å². The number of carbonyl (C=O) groups excluding carboxylic acids is 1. The van der Waals surface area contributed by atoms with Crippen LogP contribution in [-0.2, 0) is 16.6 Å². The molecule has 0 spiro atoms. The molecule has 0 aliphatic carbocycles. The summed E-state index contributed by atoms with van der Waals surface area (Å²) in [5.74, 6) is -0.351. The smallest absolute Gasteiger partial charge is 0.264 e. The Hall–Kier alpha value is -2.35. The van der Waals surface area contributed by atoms with Crippen molar-refractivity contribution in [2.75, 3.05) is 11.4 Å². The lowest BCUT2D eigenvalue weighted by atomic mass is 10.2. The van der Waals surface area contributed by atoms with Crippen molar-refractivity contribution in [3.05, 3.63) is 81.0 Å². The maximum atomic E-state index is 12.9. The molecule has 1 heterocycles. The van der Waals surface area contributed by atoms with Crippen LogP contribution >= 0.6 is 22.9 Å². The molecule has 2 aromatic carbocycles. The quantitative estimate of drug-likeness (QED) is 0.622. The second-order valence-electron chi connectivity index (χ2n) is 6.19. The van der Waals surface area contributed by atoms with Crippen LogP contribution in [-0.4, -0.2) is 21.4 Å². The van der Waals surface area contributed by atoms with Crippen LogP contribution in [0.4, 0.5) is 5.69 Å². The number of rotatable bonds is 6. The van der Waals surface area contributed by atoms with Crippen molar-refractivity contribution in [1.82, 2.24) is 5.32 Å². The zero-order chi connectivity index (χ0) is 20.3. The number of hydrogen-bond donors (Lipinski definition) is 1. The van der Waals surface area contributed by atoms with Crippen LogP contribution in [0.15, 0.2) is 64.9 Å². The molecular formula is C20H19ClN2O3S2. The summed E-state index contributed by atoms with van der Waals surface area (Å²) in [5.41, 5.74) is 2.09. The SMILES string of the molecule is Cc1ccc(S(=O)(=O)N(C)c2ccsc2C(=O)NCc2ccccc2Cl)cc1. The summed E-state index contributed by atoms with van der Waals surface area (Å²) in [7, 11) is -2.32. The molecule has 146 valence electrons. The third-order valence-corrected chi connectivity index (χ3v) is 7.32.